The molecule has 3 nitrogen and oxygen atoms in total. The van der Waals surface area contributed by atoms with Gasteiger partial charge in [0.05, 0.1) is 0 Å². The highest BCUT2D eigenvalue weighted by Gasteiger charge is 2.38. The van der Waals surface area contributed by atoms with E-state index in [-0.39, 0.29) is 12.4 Å². The normalized spacial score (nSPS) is 21.0. The van der Waals surface area contributed by atoms with Gasteiger partial charge in [-0.15, -0.1) is 0 Å². The molecular formula is C15H19F2NO2. The molecule has 0 saturated heterocycles. The van der Waals surface area contributed by atoms with E-state index < -0.39 is 11.5 Å². The zero-order valence-corrected chi connectivity index (χ0v) is 11.5. The predicted molar refractivity (Wildman–Crippen MR) is 71.1 cm³/mol. The molecule has 1 saturated carbocycles. The molecule has 5 heteroatoms. The number of hydrogen-bond donors (Lipinski definition) is 1. The topological polar surface area (TPSA) is 44.5 Å². The van der Waals surface area contributed by atoms with Crippen LogP contribution < -0.4 is 15.2 Å². The third kappa shape index (κ3) is 2.24. The molecule has 1 aromatic rings. The van der Waals surface area contributed by atoms with Crippen molar-refractivity contribution in [2.24, 2.45) is 5.73 Å². The highest BCUT2D eigenvalue weighted by Crippen LogP contribution is 2.47. The molecule has 2 N–H and O–H groups in total. The Kier molecular flexibility index (Phi) is 3.12. The molecule has 0 unspecified atom stereocenters. The van der Waals surface area contributed by atoms with Gasteiger partial charge in [-0.2, -0.15) is 0 Å². The van der Waals surface area contributed by atoms with Crippen LogP contribution in [0.25, 0.3) is 0 Å². The minimum absolute atomic E-state index is 0.0628. The standard InChI is InChI=1S/C15H19F2NO2/c1-14(16,17)10-7-11(13-12(8-10)19-9-20-13)15(18)5-3-2-4-6-15/h7-8H,2-6,9,18H2,1H3. The highest BCUT2D eigenvalue weighted by molar-refractivity contribution is 5.54. The Morgan fingerprint density at radius 2 is 1.85 bits per heavy atom. The first-order chi connectivity index (χ1) is 9.40. The van der Waals surface area contributed by atoms with Gasteiger partial charge >= 0.3 is 0 Å². The quantitative estimate of drug-likeness (QED) is 0.901. The van der Waals surface area contributed by atoms with Crippen LogP contribution in [0.15, 0.2) is 12.1 Å². The van der Waals surface area contributed by atoms with E-state index in [9.17, 15) is 8.78 Å². The zero-order valence-electron chi connectivity index (χ0n) is 11.5. The van der Waals surface area contributed by atoms with Crippen molar-refractivity contribution >= 4 is 0 Å². The van der Waals surface area contributed by atoms with Crippen LogP contribution >= 0.6 is 0 Å². The Balaban J connectivity index is 2.11. The number of alkyl halides is 2. The molecule has 2 aliphatic rings. The van der Waals surface area contributed by atoms with E-state index in [1.807, 2.05) is 0 Å². The maximum Gasteiger partial charge on any atom is 0.270 e. The van der Waals surface area contributed by atoms with Crippen molar-refractivity contribution in [1.82, 2.24) is 0 Å². The Labute approximate surface area is 117 Å². The molecule has 1 heterocycles. The number of halogens is 2. The number of nitrogens with two attached hydrogens (primary N) is 1. The number of ether oxygens (including phenoxy) is 2. The van der Waals surface area contributed by atoms with Crippen molar-refractivity contribution in [3.8, 4) is 11.5 Å². The van der Waals surface area contributed by atoms with Crippen LogP contribution in [-0.2, 0) is 11.5 Å². The minimum atomic E-state index is -2.92. The largest absolute Gasteiger partial charge is 0.454 e. The fourth-order valence-corrected chi connectivity index (χ4v) is 3.09. The van der Waals surface area contributed by atoms with Crippen molar-refractivity contribution in [2.45, 2.75) is 50.5 Å². The van der Waals surface area contributed by atoms with Crippen molar-refractivity contribution < 1.29 is 18.3 Å². The van der Waals surface area contributed by atoms with E-state index in [0.717, 1.165) is 39.0 Å². The molecule has 3 rings (SSSR count). The molecule has 0 amide bonds. The molecular weight excluding hydrogens is 264 g/mol. The smallest absolute Gasteiger partial charge is 0.270 e. The van der Waals surface area contributed by atoms with E-state index in [1.54, 1.807) is 0 Å². The summed E-state index contributed by atoms with van der Waals surface area (Å²) in [6.07, 6.45) is 4.75. The molecule has 0 atom stereocenters. The monoisotopic (exact) mass is 283 g/mol. The van der Waals surface area contributed by atoms with Crippen molar-refractivity contribution in [2.75, 3.05) is 6.79 Å². The first-order valence-electron chi connectivity index (χ1n) is 7.01. The maximum absolute atomic E-state index is 13.7. The molecule has 1 fully saturated rings. The Morgan fingerprint density at radius 1 is 1.15 bits per heavy atom. The van der Waals surface area contributed by atoms with Gasteiger partial charge < -0.3 is 15.2 Å². The van der Waals surface area contributed by atoms with E-state index in [2.05, 4.69) is 0 Å². The van der Waals surface area contributed by atoms with Gasteiger partial charge in [0.2, 0.25) is 6.79 Å². The Bertz CT molecular complexity index is 519. The first-order valence-corrected chi connectivity index (χ1v) is 7.01. The van der Waals surface area contributed by atoms with Gasteiger partial charge in [0.15, 0.2) is 11.5 Å². The summed E-state index contributed by atoms with van der Waals surface area (Å²) < 4.78 is 38.1. The third-order valence-electron chi connectivity index (χ3n) is 4.26. The summed E-state index contributed by atoms with van der Waals surface area (Å²) in [5, 5.41) is 0. The van der Waals surface area contributed by atoms with Crippen LogP contribution in [0.3, 0.4) is 0 Å². The van der Waals surface area contributed by atoms with Gasteiger partial charge in [0.25, 0.3) is 5.92 Å². The average Bonchev–Trinajstić information content (AvgIpc) is 2.85. The van der Waals surface area contributed by atoms with Gasteiger partial charge in [-0.3, -0.25) is 0 Å². The fraction of sp³-hybridized carbons (Fsp3) is 0.600. The van der Waals surface area contributed by atoms with E-state index >= 15 is 0 Å². The van der Waals surface area contributed by atoms with Crippen molar-refractivity contribution in [3.05, 3.63) is 23.3 Å². The van der Waals surface area contributed by atoms with Crippen LogP contribution in [0.4, 0.5) is 8.78 Å². The van der Waals surface area contributed by atoms with Crippen molar-refractivity contribution in [1.29, 1.82) is 0 Å². The number of benzene rings is 1. The molecule has 0 radical (unpaired) electrons. The predicted octanol–water partition coefficient (Wildman–Crippen LogP) is 3.65. The lowest BCUT2D eigenvalue weighted by molar-refractivity contribution is 0.0171. The summed E-state index contributed by atoms with van der Waals surface area (Å²) in [6.45, 7) is 0.954. The minimum Gasteiger partial charge on any atom is -0.454 e. The summed E-state index contributed by atoms with van der Waals surface area (Å²) in [4.78, 5) is 0. The summed E-state index contributed by atoms with van der Waals surface area (Å²) in [6, 6.07) is 2.86. The summed E-state index contributed by atoms with van der Waals surface area (Å²) in [7, 11) is 0. The van der Waals surface area contributed by atoms with Crippen LogP contribution in [-0.4, -0.2) is 6.79 Å². The second kappa shape index (κ2) is 4.58. The van der Waals surface area contributed by atoms with Gasteiger partial charge in [0.1, 0.15) is 0 Å². The first kappa shape index (κ1) is 13.6. The second-order valence-corrected chi connectivity index (χ2v) is 5.86. The summed E-state index contributed by atoms with van der Waals surface area (Å²) in [5.41, 5.74) is 6.51. The van der Waals surface area contributed by atoms with Crippen LogP contribution in [0.1, 0.15) is 50.2 Å². The average molecular weight is 283 g/mol. The molecule has 1 aromatic carbocycles. The molecule has 1 aliphatic heterocycles. The number of hydrogen-bond acceptors (Lipinski definition) is 3. The van der Waals surface area contributed by atoms with E-state index in [4.69, 9.17) is 15.2 Å². The molecule has 110 valence electrons. The number of rotatable bonds is 2. The van der Waals surface area contributed by atoms with Gasteiger partial charge in [0, 0.05) is 23.6 Å². The van der Waals surface area contributed by atoms with E-state index in [1.165, 1.54) is 12.1 Å². The van der Waals surface area contributed by atoms with E-state index in [0.29, 0.717) is 17.1 Å². The van der Waals surface area contributed by atoms with Crippen LogP contribution in [0.2, 0.25) is 0 Å². The number of fused-ring (bicyclic) bond motifs is 1. The van der Waals surface area contributed by atoms with Crippen LogP contribution in [0, 0.1) is 0 Å². The lowest BCUT2D eigenvalue weighted by atomic mass is 9.76. The fourth-order valence-electron chi connectivity index (χ4n) is 3.09. The lowest BCUT2D eigenvalue weighted by Gasteiger charge is -2.35. The summed E-state index contributed by atoms with van der Waals surface area (Å²) in [5.74, 6) is -1.99. The highest BCUT2D eigenvalue weighted by atomic mass is 19.3. The molecule has 0 aromatic heterocycles. The third-order valence-corrected chi connectivity index (χ3v) is 4.26. The summed E-state index contributed by atoms with van der Waals surface area (Å²) >= 11 is 0. The second-order valence-electron chi connectivity index (χ2n) is 5.86. The molecule has 20 heavy (non-hydrogen) atoms. The van der Waals surface area contributed by atoms with Gasteiger partial charge in [-0.1, -0.05) is 19.3 Å². The van der Waals surface area contributed by atoms with Gasteiger partial charge in [-0.05, 0) is 25.0 Å². The van der Waals surface area contributed by atoms with Gasteiger partial charge in [-0.25, -0.2) is 8.78 Å². The Morgan fingerprint density at radius 3 is 2.50 bits per heavy atom. The molecule has 0 bridgehead atoms. The molecule has 1 aliphatic carbocycles. The Hall–Kier alpha value is -1.36. The zero-order chi connectivity index (χ0) is 14.4. The lowest BCUT2D eigenvalue weighted by Crippen LogP contribution is -2.39. The molecule has 0 spiro atoms. The maximum atomic E-state index is 13.7. The van der Waals surface area contributed by atoms with Crippen molar-refractivity contribution in [3.63, 3.8) is 0 Å². The SMILES string of the molecule is CC(F)(F)c1cc2c(c(C3(N)CCCCC3)c1)OCO2. The van der Waals surface area contributed by atoms with Crippen LogP contribution in [0.5, 0.6) is 11.5 Å².